The quantitative estimate of drug-likeness (QED) is 0.739. The van der Waals surface area contributed by atoms with Crippen molar-refractivity contribution in [2.75, 3.05) is 26.1 Å². The minimum Gasteiger partial charge on any atom is -0.493 e. The van der Waals surface area contributed by atoms with Crippen LogP contribution in [0.1, 0.15) is 13.8 Å². The van der Waals surface area contributed by atoms with Gasteiger partial charge in [-0.15, -0.1) is 0 Å². The van der Waals surface area contributed by atoms with Crippen molar-refractivity contribution >= 4 is 17.6 Å². The Morgan fingerprint density at radius 2 is 1.81 bits per heavy atom. The molecule has 0 unspecified atom stereocenters. The van der Waals surface area contributed by atoms with Gasteiger partial charge in [0, 0.05) is 17.8 Å². The van der Waals surface area contributed by atoms with Crippen LogP contribution in [0.25, 0.3) is 0 Å². The molecule has 1 aromatic rings. The third-order valence-electron chi connectivity index (χ3n) is 2.50. The van der Waals surface area contributed by atoms with Crippen molar-refractivity contribution in [3.63, 3.8) is 0 Å². The first-order valence-corrected chi connectivity index (χ1v) is 6.52. The monoisotopic (exact) mass is 295 g/mol. The summed E-state index contributed by atoms with van der Waals surface area (Å²) < 4.78 is 10.3. The van der Waals surface area contributed by atoms with Crippen LogP contribution in [0.3, 0.4) is 0 Å². The molecule has 0 aliphatic carbocycles. The highest BCUT2D eigenvalue weighted by molar-refractivity contribution is 5.94. The van der Waals surface area contributed by atoms with Gasteiger partial charge in [0.15, 0.2) is 11.5 Å². The summed E-state index contributed by atoms with van der Waals surface area (Å²) in [7, 11) is 3.05. The van der Waals surface area contributed by atoms with Gasteiger partial charge in [-0.3, -0.25) is 4.79 Å². The van der Waals surface area contributed by atoms with Crippen LogP contribution in [0.15, 0.2) is 18.2 Å². The highest BCUT2D eigenvalue weighted by Gasteiger charge is 2.09. The number of benzene rings is 1. The molecule has 0 aliphatic heterocycles. The first-order chi connectivity index (χ1) is 9.96. The van der Waals surface area contributed by atoms with Crippen molar-refractivity contribution in [2.24, 2.45) is 0 Å². The number of hydrogen-bond acceptors (Lipinski definition) is 4. The Hall–Kier alpha value is -2.44. The number of urea groups is 1. The van der Waals surface area contributed by atoms with Crippen LogP contribution in [0.2, 0.25) is 0 Å². The average molecular weight is 295 g/mol. The zero-order valence-electron chi connectivity index (χ0n) is 12.6. The molecule has 0 saturated heterocycles. The number of hydrogen-bond donors (Lipinski definition) is 3. The molecular formula is C14H21N3O4. The summed E-state index contributed by atoms with van der Waals surface area (Å²) in [5, 5.41) is 7.76. The van der Waals surface area contributed by atoms with E-state index in [1.165, 1.54) is 14.2 Å². The number of rotatable bonds is 6. The third-order valence-corrected chi connectivity index (χ3v) is 2.50. The van der Waals surface area contributed by atoms with Gasteiger partial charge < -0.3 is 25.4 Å². The van der Waals surface area contributed by atoms with Gasteiger partial charge in [0.2, 0.25) is 5.91 Å². The lowest BCUT2D eigenvalue weighted by Crippen LogP contribution is -2.42. The van der Waals surface area contributed by atoms with E-state index in [0.717, 1.165) is 0 Å². The van der Waals surface area contributed by atoms with Gasteiger partial charge in [-0.2, -0.15) is 0 Å². The molecule has 0 fully saturated rings. The summed E-state index contributed by atoms with van der Waals surface area (Å²) in [6, 6.07) is 4.65. The highest BCUT2D eigenvalue weighted by Crippen LogP contribution is 2.29. The summed E-state index contributed by atoms with van der Waals surface area (Å²) in [5.41, 5.74) is 0.559. The Bertz CT molecular complexity index is 503. The number of ether oxygens (including phenoxy) is 2. The Kier molecular flexibility index (Phi) is 6.32. The Morgan fingerprint density at radius 1 is 1.14 bits per heavy atom. The average Bonchev–Trinajstić information content (AvgIpc) is 2.44. The molecule has 1 aromatic carbocycles. The van der Waals surface area contributed by atoms with Crippen LogP contribution in [-0.4, -0.2) is 38.7 Å². The van der Waals surface area contributed by atoms with E-state index >= 15 is 0 Å². The molecule has 7 nitrogen and oxygen atoms in total. The summed E-state index contributed by atoms with van der Waals surface area (Å²) in [6.45, 7) is 3.56. The maximum atomic E-state index is 11.7. The summed E-state index contributed by atoms with van der Waals surface area (Å²) in [4.78, 5) is 23.1. The first kappa shape index (κ1) is 16.6. The fourth-order valence-electron chi connectivity index (χ4n) is 1.59. The number of nitrogens with one attached hydrogen (secondary N) is 3. The smallest absolute Gasteiger partial charge is 0.315 e. The van der Waals surface area contributed by atoms with Crippen LogP contribution in [0.5, 0.6) is 11.5 Å². The van der Waals surface area contributed by atoms with E-state index in [-0.39, 0.29) is 24.5 Å². The van der Waals surface area contributed by atoms with Gasteiger partial charge >= 0.3 is 6.03 Å². The second-order valence-corrected chi connectivity index (χ2v) is 4.60. The maximum absolute atomic E-state index is 11.7. The largest absolute Gasteiger partial charge is 0.493 e. The van der Waals surface area contributed by atoms with E-state index in [0.29, 0.717) is 17.2 Å². The van der Waals surface area contributed by atoms with Gasteiger partial charge in [-0.25, -0.2) is 4.79 Å². The molecule has 7 heteroatoms. The standard InChI is InChI=1S/C14H21N3O4/c1-9(2)16-14(19)15-8-13(18)17-10-5-6-11(20-3)12(7-10)21-4/h5-7,9H,8H2,1-4H3,(H,17,18)(H2,15,16,19). The van der Waals surface area contributed by atoms with Crippen molar-refractivity contribution in [2.45, 2.75) is 19.9 Å². The molecule has 1 rings (SSSR count). The maximum Gasteiger partial charge on any atom is 0.315 e. The minimum atomic E-state index is -0.382. The molecule has 0 atom stereocenters. The van der Waals surface area contributed by atoms with Crippen LogP contribution in [0, 0.1) is 0 Å². The lowest BCUT2D eigenvalue weighted by atomic mass is 10.2. The van der Waals surface area contributed by atoms with Crippen molar-refractivity contribution < 1.29 is 19.1 Å². The number of anilines is 1. The lowest BCUT2D eigenvalue weighted by molar-refractivity contribution is -0.115. The number of carbonyl (C=O) groups is 2. The minimum absolute atomic E-state index is 0.0129. The molecule has 116 valence electrons. The fraction of sp³-hybridized carbons (Fsp3) is 0.429. The Balaban J connectivity index is 2.53. The van der Waals surface area contributed by atoms with Crippen LogP contribution in [0.4, 0.5) is 10.5 Å². The van der Waals surface area contributed by atoms with E-state index in [1.807, 2.05) is 13.8 Å². The van der Waals surface area contributed by atoms with Gasteiger partial charge in [-0.05, 0) is 26.0 Å². The normalized spacial score (nSPS) is 9.95. The number of amides is 3. The fourth-order valence-corrected chi connectivity index (χ4v) is 1.59. The lowest BCUT2D eigenvalue weighted by Gasteiger charge is -2.12. The van der Waals surface area contributed by atoms with Crippen LogP contribution < -0.4 is 25.4 Å². The molecule has 0 spiro atoms. The molecular weight excluding hydrogens is 274 g/mol. The zero-order valence-corrected chi connectivity index (χ0v) is 12.6. The van der Waals surface area contributed by atoms with E-state index in [9.17, 15) is 9.59 Å². The molecule has 0 bridgehead atoms. The van der Waals surface area contributed by atoms with Crippen molar-refractivity contribution in [3.8, 4) is 11.5 Å². The van der Waals surface area contributed by atoms with E-state index in [4.69, 9.17) is 9.47 Å². The zero-order chi connectivity index (χ0) is 15.8. The molecule has 0 aromatic heterocycles. The number of carbonyl (C=O) groups excluding carboxylic acids is 2. The topological polar surface area (TPSA) is 88.7 Å². The third kappa shape index (κ3) is 5.60. The SMILES string of the molecule is COc1ccc(NC(=O)CNC(=O)NC(C)C)cc1OC. The van der Waals surface area contributed by atoms with Gasteiger partial charge in [-0.1, -0.05) is 0 Å². The molecule has 21 heavy (non-hydrogen) atoms. The summed E-state index contributed by atoms with van der Waals surface area (Å²) in [6.07, 6.45) is 0. The molecule has 3 N–H and O–H groups in total. The number of methoxy groups -OCH3 is 2. The van der Waals surface area contributed by atoms with E-state index in [1.54, 1.807) is 18.2 Å². The van der Waals surface area contributed by atoms with Gasteiger partial charge in [0.25, 0.3) is 0 Å². The van der Waals surface area contributed by atoms with E-state index in [2.05, 4.69) is 16.0 Å². The van der Waals surface area contributed by atoms with Crippen LogP contribution in [-0.2, 0) is 4.79 Å². The molecule has 0 heterocycles. The van der Waals surface area contributed by atoms with Crippen molar-refractivity contribution in [1.29, 1.82) is 0 Å². The summed E-state index contributed by atoms with van der Waals surface area (Å²) in [5.74, 6) is 0.756. The molecule has 3 amide bonds. The van der Waals surface area contributed by atoms with E-state index < -0.39 is 0 Å². The predicted octanol–water partition coefficient (Wildman–Crippen LogP) is 1.35. The summed E-state index contributed by atoms with van der Waals surface area (Å²) >= 11 is 0. The van der Waals surface area contributed by atoms with Crippen molar-refractivity contribution in [3.05, 3.63) is 18.2 Å². The van der Waals surface area contributed by atoms with Gasteiger partial charge in [0.1, 0.15) is 0 Å². The molecule has 0 radical (unpaired) electrons. The second kappa shape index (κ2) is 7.98. The van der Waals surface area contributed by atoms with Crippen molar-refractivity contribution in [1.82, 2.24) is 10.6 Å². The highest BCUT2D eigenvalue weighted by atomic mass is 16.5. The molecule has 0 aliphatic rings. The second-order valence-electron chi connectivity index (χ2n) is 4.60. The Morgan fingerprint density at radius 3 is 2.38 bits per heavy atom. The predicted molar refractivity (Wildman–Crippen MR) is 79.8 cm³/mol. The molecule has 0 saturated carbocycles. The van der Waals surface area contributed by atoms with Crippen LogP contribution >= 0.6 is 0 Å². The van der Waals surface area contributed by atoms with Gasteiger partial charge in [0.05, 0.1) is 20.8 Å². The first-order valence-electron chi connectivity index (χ1n) is 6.52. The Labute approximate surface area is 124 Å².